The molecule has 0 spiro atoms. The first-order valence-corrected chi connectivity index (χ1v) is 11.6. The highest BCUT2D eigenvalue weighted by atomic mass is 16.5. The standard InChI is InChI=1S/C26H26N2O6/c1-2-33-20-10-8-18(9-11-20)27-21(29)14-34-26(32)17-4-3-5-19(13-17)28-24(30)22-15-6-7-16(12-15)23(22)25(28)31/h3-5,8-11,13,15-16,22-23H,2,6-7,12,14H2,1H3,(H,27,29)/t15-,16-,22-,23+/m0/s1. The zero-order chi connectivity index (χ0) is 23.8. The number of nitrogens with zero attached hydrogens (tertiary/aromatic N) is 1. The zero-order valence-electron chi connectivity index (χ0n) is 18.9. The Hall–Kier alpha value is -3.68. The fraction of sp³-hybridized carbons (Fsp3) is 0.385. The van der Waals surface area contributed by atoms with Crippen molar-refractivity contribution in [2.45, 2.75) is 26.2 Å². The maximum absolute atomic E-state index is 13.0. The van der Waals surface area contributed by atoms with Crippen molar-refractivity contribution >= 4 is 35.1 Å². The summed E-state index contributed by atoms with van der Waals surface area (Å²) < 4.78 is 10.5. The Morgan fingerprint density at radius 2 is 1.68 bits per heavy atom. The van der Waals surface area contributed by atoms with Gasteiger partial charge in [0.05, 0.1) is 29.7 Å². The summed E-state index contributed by atoms with van der Waals surface area (Å²) in [7, 11) is 0. The van der Waals surface area contributed by atoms with Crippen LogP contribution in [0.1, 0.15) is 36.5 Å². The summed E-state index contributed by atoms with van der Waals surface area (Å²) in [4.78, 5) is 52.1. The molecule has 5 rings (SSSR count). The minimum Gasteiger partial charge on any atom is -0.494 e. The van der Waals surface area contributed by atoms with Crippen LogP contribution >= 0.6 is 0 Å². The molecule has 8 nitrogen and oxygen atoms in total. The Morgan fingerprint density at radius 3 is 2.32 bits per heavy atom. The van der Waals surface area contributed by atoms with Crippen molar-refractivity contribution in [2.75, 3.05) is 23.4 Å². The molecule has 3 aliphatic rings. The summed E-state index contributed by atoms with van der Waals surface area (Å²) in [6.45, 7) is 1.96. The lowest BCUT2D eigenvalue weighted by molar-refractivity contribution is -0.123. The number of carbonyl (C=O) groups is 4. The third-order valence-corrected chi connectivity index (χ3v) is 7.05. The van der Waals surface area contributed by atoms with Gasteiger partial charge in [0.15, 0.2) is 6.61 Å². The number of hydrogen-bond acceptors (Lipinski definition) is 6. The summed E-state index contributed by atoms with van der Waals surface area (Å²) in [6, 6.07) is 13.1. The van der Waals surface area contributed by atoms with Crippen LogP contribution in [0.15, 0.2) is 48.5 Å². The van der Waals surface area contributed by atoms with Gasteiger partial charge in [-0.25, -0.2) is 4.79 Å². The zero-order valence-corrected chi connectivity index (χ0v) is 18.9. The number of carbonyl (C=O) groups excluding carboxylic acids is 4. The second kappa shape index (κ2) is 8.93. The van der Waals surface area contributed by atoms with Crippen LogP contribution in [0.4, 0.5) is 11.4 Å². The Bertz CT molecular complexity index is 1120. The molecular formula is C26H26N2O6. The van der Waals surface area contributed by atoms with Crippen molar-refractivity contribution < 1.29 is 28.7 Å². The molecule has 2 aromatic carbocycles. The van der Waals surface area contributed by atoms with Crippen LogP contribution in [0.25, 0.3) is 0 Å². The van der Waals surface area contributed by atoms with Crippen LogP contribution in [0.5, 0.6) is 5.75 Å². The molecule has 1 N–H and O–H groups in total. The number of anilines is 2. The van der Waals surface area contributed by atoms with E-state index in [0.717, 1.165) is 19.3 Å². The second-order valence-corrected chi connectivity index (χ2v) is 9.03. The van der Waals surface area contributed by atoms with Crippen LogP contribution < -0.4 is 15.0 Å². The number of esters is 1. The van der Waals surface area contributed by atoms with Gasteiger partial charge in [-0.1, -0.05) is 6.07 Å². The smallest absolute Gasteiger partial charge is 0.338 e. The highest BCUT2D eigenvalue weighted by molar-refractivity contribution is 6.22. The minimum atomic E-state index is -0.706. The largest absolute Gasteiger partial charge is 0.494 e. The predicted molar refractivity (Wildman–Crippen MR) is 123 cm³/mol. The average Bonchev–Trinajstić information content (AvgIpc) is 3.52. The average molecular weight is 463 g/mol. The summed E-state index contributed by atoms with van der Waals surface area (Å²) >= 11 is 0. The number of benzene rings is 2. The van der Waals surface area contributed by atoms with Crippen LogP contribution in [0, 0.1) is 23.7 Å². The molecule has 2 aliphatic carbocycles. The predicted octanol–water partition coefficient (Wildman–Crippen LogP) is 3.42. The van der Waals surface area contributed by atoms with Gasteiger partial charge in [-0.05, 0) is 80.5 Å². The number of rotatable bonds is 7. The lowest BCUT2D eigenvalue weighted by atomic mass is 9.81. The molecule has 1 heterocycles. The third-order valence-electron chi connectivity index (χ3n) is 7.05. The molecule has 4 atom stereocenters. The van der Waals surface area contributed by atoms with E-state index in [-0.39, 0.29) is 29.2 Å². The van der Waals surface area contributed by atoms with Crippen LogP contribution in [-0.2, 0) is 19.1 Å². The number of imide groups is 1. The van der Waals surface area contributed by atoms with Crippen molar-refractivity contribution in [3.63, 3.8) is 0 Å². The first kappa shape index (κ1) is 22.1. The number of hydrogen-bond donors (Lipinski definition) is 1. The van der Waals surface area contributed by atoms with Gasteiger partial charge in [-0.15, -0.1) is 0 Å². The first-order valence-electron chi connectivity index (χ1n) is 11.6. The molecule has 34 heavy (non-hydrogen) atoms. The van der Waals surface area contributed by atoms with Gasteiger partial charge >= 0.3 is 5.97 Å². The summed E-state index contributed by atoms with van der Waals surface area (Å²) in [5.74, 6) is -0.703. The molecule has 176 valence electrons. The molecule has 2 aromatic rings. The molecular weight excluding hydrogens is 436 g/mol. The van der Waals surface area contributed by atoms with Crippen molar-refractivity contribution in [1.82, 2.24) is 0 Å². The fourth-order valence-electron chi connectivity index (χ4n) is 5.65. The molecule has 0 radical (unpaired) electrons. The van der Waals surface area contributed by atoms with Crippen molar-refractivity contribution in [3.8, 4) is 5.75 Å². The van der Waals surface area contributed by atoms with E-state index in [1.165, 1.54) is 17.0 Å². The van der Waals surface area contributed by atoms with E-state index in [1.54, 1.807) is 36.4 Å². The third kappa shape index (κ3) is 3.93. The Labute approximate surface area is 197 Å². The van der Waals surface area contributed by atoms with E-state index in [2.05, 4.69) is 5.32 Å². The SMILES string of the molecule is CCOc1ccc(NC(=O)COC(=O)c2cccc(N3C(=O)[C@@H]4[C@H]5CC[C@@H](C5)[C@@H]4C3=O)c2)cc1. The Morgan fingerprint density at radius 1 is 1.00 bits per heavy atom. The molecule has 3 amide bonds. The molecule has 0 aromatic heterocycles. The van der Waals surface area contributed by atoms with E-state index in [0.29, 0.717) is 35.6 Å². The molecule has 1 aliphatic heterocycles. The highest BCUT2D eigenvalue weighted by Crippen LogP contribution is 2.56. The second-order valence-electron chi connectivity index (χ2n) is 9.03. The molecule has 8 heteroatoms. The van der Waals surface area contributed by atoms with E-state index < -0.39 is 18.5 Å². The first-order chi connectivity index (χ1) is 16.5. The number of nitrogens with one attached hydrogen (secondary N) is 1. The Balaban J connectivity index is 1.21. The van der Waals surface area contributed by atoms with E-state index in [1.807, 2.05) is 6.92 Å². The number of amides is 3. The lowest BCUT2D eigenvalue weighted by Gasteiger charge is -2.19. The normalized spacial score (nSPS) is 24.8. The van der Waals surface area contributed by atoms with Crippen LogP contribution in [-0.4, -0.2) is 36.9 Å². The number of fused-ring (bicyclic) bond motifs is 5. The lowest BCUT2D eigenvalue weighted by Crippen LogP contribution is -2.32. The minimum absolute atomic E-state index is 0.164. The topological polar surface area (TPSA) is 102 Å². The van der Waals surface area contributed by atoms with Crippen molar-refractivity contribution in [3.05, 3.63) is 54.1 Å². The molecule has 1 saturated heterocycles. The fourth-order valence-corrected chi connectivity index (χ4v) is 5.65. The molecule has 2 saturated carbocycles. The van der Waals surface area contributed by atoms with Gasteiger partial charge < -0.3 is 14.8 Å². The van der Waals surface area contributed by atoms with E-state index >= 15 is 0 Å². The quantitative estimate of drug-likeness (QED) is 0.500. The van der Waals surface area contributed by atoms with Gasteiger partial charge in [0, 0.05) is 5.69 Å². The maximum Gasteiger partial charge on any atom is 0.338 e. The van der Waals surface area contributed by atoms with Crippen molar-refractivity contribution in [1.29, 1.82) is 0 Å². The van der Waals surface area contributed by atoms with Gasteiger partial charge in [0.2, 0.25) is 11.8 Å². The maximum atomic E-state index is 13.0. The number of ether oxygens (including phenoxy) is 2. The van der Waals surface area contributed by atoms with Gasteiger partial charge in [-0.3, -0.25) is 19.3 Å². The monoisotopic (exact) mass is 462 g/mol. The highest BCUT2D eigenvalue weighted by Gasteiger charge is 2.61. The molecule has 2 bridgehead atoms. The van der Waals surface area contributed by atoms with E-state index in [9.17, 15) is 19.2 Å². The van der Waals surface area contributed by atoms with Crippen LogP contribution in [0.3, 0.4) is 0 Å². The van der Waals surface area contributed by atoms with Gasteiger partial charge in [-0.2, -0.15) is 0 Å². The van der Waals surface area contributed by atoms with Gasteiger partial charge in [0.1, 0.15) is 5.75 Å². The summed E-state index contributed by atoms with van der Waals surface area (Å²) in [6.07, 6.45) is 2.97. The van der Waals surface area contributed by atoms with E-state index in [4.69, 9.17) is 9.47 Å². The molecule has 3 fully saturated rings. The van der Waals surface area contributed by atoms with Gasteiger partial charge in [0.25, 0.3) is 5.91 Å². The summed E-state index contributed by atoms with van der Waals surface area (Å²) in [5, 5.41) is 2.65. The van der Waals surface area contributed by atoms with Crippen molar-refractivity contribution in [2.24, 2.45) is 23.7 Å². The molecule has 0 unspecified atom stereocenters. The Kier molecular flexibility index (Phi) is 5.81. The summed E-state index contributed by atoms with van der Waals surface area (Å²) in [5.41, 5.74) is 1.10. The van der Waals surface area contributed by atoms with Crippen LogP contribution in [0.2, 0.25) is 0 Å².